The molecule has 0 radical (unpaired) electrons. The fourth-order valence-corrected chi connectivity index (χ4v) is 2.16. The van der Waals surface area contributed by atoms with Crippen molar-refractivity contribution < 1.29 is 19.2 Å². The third-order valence-electron chi connectivity index (χ3n) is 3.35. The van der Waals surface area contributed by atoms with Crippen molar-refractivity contribution in [3.05, 3.63) is 63.7 Å². The molecule has 0 aliphatic carbocycles. The highest BCUT2D eigenvalue weighted by atomic mass is 16.6. The number of nitrogens with one attached hydrogen (secondary N) is 2. The number of carbonyl (C=O) groups excluding carboxylic acids is 2. The molecule has 2 aromatic rings. The van der Waals surface area contributed by atoms with Crippen LogP contribution < -0.4 is 15.4 Å². The summed E-state index contributed by atoms with van der Waals surface area (Å²) < 4.78 is 4.88. The van der Waals surface area contributed by atoms with Crippen LogP contribution in [0, 0.1) is 17.0 Å². The molecular weight excluding hydrogens is 326 g/mol. The molecule has 2 amide bonds. The molecule has 0 atom stereocenters. The number of anilines is 1. The van der Waals surface area contributed by atoms with Gasteiger partial charge in [-0.1, -0.05) is 12.1 Å². The molecule has 8 nitrogen and oxygen atoms in total. The molecule has 0 aromatic heterocycles. The molecule has 0 aliphatic heterocycles. The van der Waals surface area contributed by atoms with Crippen LogP contribution in [-0.2, 0) is 4.79 Å². The third kappa shape index (κ3) is 4.77. The van der Waals surface area contributed by atoms with Crippen LogP contribution in [0.1, 0.15) is 15.9 Å². The first-order valence-corrected chi connectivity index (χ1v) is 7.38. The fourth-order valence-electron chi connectivity index (χ4n) is 2.16. The predicted molar refractivity (Wildman–Crippen MR) is 91.8 cm³/mol. The monoisotopic (exact) mass is 343 g/mol. The number of ether oxygens (including phenoxy) is 1. The first-order valence-electron chi connectivity index (χ1n) is 7.38. The summed E-state index contributed by atoms with van der Waals surface area (Å²) in [6.45, 7) is 1.64. The topological polar surface area (TPSA) is 111 Å². The van der Waals surface area contributed by atoms with Crippen LogP contribution in [0.5, 0.6) is 5.75 Å². The van der Waals surface area contributed by atoms with E-state index in [1.807, 2.05) is 13.0 Å². The summed E-state index contributed by atoms with van der Waals surface area (Å²) in [7, 11) is 1.30. The van der Waals surface area contributed by atoms with Crippen LogP contribution in [0.3, 0.4) is 0 Å². The zero-order valence-corrected chi connectivity index (χ0v) is 13.7. The highest BCUT2D eigenvalue weighted by Gasteiger charge is 2.18. The van der Waals surface area contributed by atoms with Gasteiger partial charge in [0.05, 0.1) is 18.6 Å². The van der Waals surface area contributed by atoms with E-state index in [0.717, 1.165) is 11.6 Å². The van der Waals surface area contributed by atoms with Crippen LogP contribution >= 0.6 is 0 Å². The highest BCUT2D eigenvalue weighted by Crippen LogP contribution is 2.27. The van der Waals surface area contributed by atoms with Crippen molar-refractivity contribution in [3.63, 3.8) is 0 Å². The molecule has 2 aromatic carbocycles. The van der Waals surface area contributed by atoms with Crippen molar-refractivity contribution in [2.75, 3.05) is 19.0 Å². The van der Waals surface area contributed by atoms with Gasteiger partial charge in [-0.25, -0.2) is 0 Å². The summed E-state index contributed by atoms with van der Waals surface area (Å²) >= 11 is 0. The van der Waals surface area contributed by atoms with E-state index in [1.54, 1.807) is 18.2 Å². The fraction of sp³-hybridized carbons (Fsp3) is 0.176. The average Bonchev–Trinajstić information content (AvgIpc) is 2.59. The average molecular weight is 343 g/mol. The second-order valence-corrected chi connectivity index (χ2v) is 5.24. The summed E-state index contributed by atoms with van der Waals surface area (Å²) in [6, 6.07) is 11.1. The van der Waals surface area contributed by atoms with Gasteiger partial charge >= 0.3 is 5.69 Å². The zero-order valence-electron chi connectivity index (χ0n) is 13.7. The van der Waals surface area contributed by atoms with E-state index in [1.165, 1.54) is 19.2 Å². The number of methoxy groups -OCH3 is 1. The number of benzene rings is 2. The molecule has 0 saturated heterocycles. The van der Waals surface area contributed by atoms with E-state index in [2.05, 4.69) is 10.6 Å². The Labute approximate surface area is 144 Å². The van der Waals surface area contributed by atoms with Crippen LogP contribution in [0.4, 0.5) is 11.4 Å². The Bertz CT molecular complexity index is 820. The molecule has 0 heterocycles. The third-order valence-corrected chi connectivity index (χ3v) is 3.35. The lowest BCUT2D eigenvalue weighted by molar-refractivity contribution is -0.385. The molecular formula is C17H17N3O5. The number of hydrogen-bond acceptors (Lipinski definition) is 5. The minimum Gasteiger partial charge on any atom is -0.490 e. The summed E-state index contributed by atoms with van der Waals surface area (Å²) in [6.07, 6.45) is 0. The molecule has 8 heteroatoms. The maximum absolute atomic E-state index is 12.1. The molecule has 0 fully saturated rings. The maximum Gasteiger partial charge on any atom is 0.311 e. The second kappa shape index (κ2) is 7.91. The van der Waals surface area contributed by atoms with Crippen molar-refractivity contribution in [2.24, 2.45) is 0 Å². The standard InChI is InChI=1S/C17H17N3O5/c1-11-4-3-5-13(8-11)19-16(21)10-18-17(22)12-6-7-15(25-2)14(9-12)20(23)24/h3-9H,10H2,1-2H3,(H,18,22)(H,19,21). The Hall–Kier alpha value is -3.42. The molecule has 25 heavy (non-hydrogen) atoms. The van der Waals surface area contributed by atoms with Crippen LogP contribution in [0.25, 0.3) is 0 Å². The lowest BCUT2D eigenvalue weighted by Crippen LogP contribution is -2.32. The lowest BCUT2D eigenvalue weighted by Gasteiger charge is -2.08. The Kier molecular flexibility index (Phi) is 5.67. The molecule has 0 saturated carbocycles. The minimum absolute atomic E-state index is 0.0544. The summed E-state index contributed by atoms with van der Waals surface area (Å²) in [5, 5.41) is 16.1. The number of nitro groups is 1. The number of nitrogens with zero attached hydrogens (tertiary/aromatic N) is 1. The Morgan fingerprint density at radius 1 is 1.20 bits per heavy atom. The highest BCUT2D eigenvalue weighted by molar-refractivity contribution is 5.99. The van der Waals surface area contributed by atoms with Gasteiger partial charge in [0.15, 0.2) is 5.75 Å². The lowest BCUT2D eigenvalue weighted by atomic mass is 10.1. The van der Waals surface area contributed by atoms with Gasteiger partial charge in [-0.05, 0) is 36.8 Å². The van der Waals surface area contributed by atoms with E-state index in [0.29, 0.717) is 5.69 Å². The van der Waals surface area contributed by atoms with Crippen LogP contribution in [0.15, 0.2) is 42.5 Å². The van der Waals surface area contributed by atoms with Crippen molar-refractivity contribution >= 4 is 23.2 Å². The van der Waals surface area contributed by atoms with Gasteiger partial charge in [0, 0.05) is 17.3 Å². The second-order valence-electron chi connectivity index (χ2n) is 5.24. The molecule has 0 bridgehead atoms. The number of amides is 2. The van der Waals surface area contributed by atoms with Gasteiger partial charge in [-0.2, -0.15) is 0 Å². The number of carbonyl (C=O) groups is 2. The molecule has 0 spiro atoms. The number of nitro benzene ring substituents is 1. The first kappa shape index (κ1) is 17.9. The van der Waals surface area contributed by atoms with Gasteiger partial charge < -0.3 is 15.4 Å². The van der Waals surface area contributed by atoms with Crippen LogP contribution in [-0.4, -0.2) is 30.4 Å². The van der Waals surface area contributed by atoms with E-state index in [9.17, 15) is 19.7 Å². The molecule has 0 unspecified atom stereocenters. The van der Waals surface area contributed by atoms with Crippen molar-refractivity contribution in [1.29, 1.82) is 0 Å². The Morgan fingerprint density at radius 2 is 1.96 bits per heavy atom. The molecule has 2 rings (SSSR count). The SMILES string of the molecule is COc1ccc(C(=O)NCC(=O)Nc2cccc(C)c2)cc1[N+](=O)[O-]. The van der Waals surface area contributed by atoms with Gasteiger partial charge in [0.1, 0.15) is 0 Å². The van der Waals surface area contributed by atoms with E-state index >= 15 is 0 Å². The molecule has 0 aliphatic rings. The molecule has 130 valence electrons. The Balaban J connectivity index is 1.99. The number of rotatable bonds is 6. The normalized spacial score (nSPS) is 10.0. The van der Waals surface area contributed by atoms with E-state index < -0.39 is 16.7 Å². The zero-order chi connectivity index (χ0) is 18.4. The smallest absolute Gasteiger partial charge is 0.311 e. The van der Waals surface area contributed by atoms with Crippen LogP contribution in [0.2, 0.25) is 0 Å². The summed E-state index contributed by atoms with van der Waals surface area (Å²) in [4.78, 5) is 34.3. The van der Waals surface area contributed by atoms with E-state index in [-0.39, 0.29) is 23.5 Å². The quantitative estimate of drug-likeness (QED) is 0.617. The largest absolute Gasteiger partial charge is 0.490 e. The number of aryl methyl sites for hydroxylation is 1. The maximum atomic E-state index is 12.1. The minimum atomic E-state index is -0.639. The van der Waals surface area contributed by atoms with Gasteiger partial charge in [-0.15, -0.1) is 0 Å². The van der Waals surface area contributed by atoms with Crippen molar-refractivity contribution in [1.82, 2.24) is 5.32 Å². The molecule has 2 N–H and O–H groups in total. The van der Waals surface area contributed by atoms with E-state index in [4.69, 9.17) is 4.74 Å². The Morgan fingerprint density at radius 3 is 2.60 bits per heavy atom. The predicted octanol–water partition coefficient (Wildman–Crippen LogP) is 2.28. The summed E-state index contributed by atoms with van der Waals surface area (Å²) in [5.74, 6) is -0.939. The first-order chi connectivity index (χ1) is 11.9. The van der Waals surface area contributed by atoms with Gasteiger partial charge in [0.25, 0.3) is 5.91 Å². The van der Waals surface area contributed by atoms with Crippen molar-refractivity contribution in [3.8, 4) is 5.75 Å². The van der Waals surface area contributed by atoms with Crippen molar-refractivity contribution in [2.45, 2.75) is 6.92 Å². The van der Waals surface area contributed by atoms with Gasteiger partial charge in [0.2, 0.25) is 5.91 Å². The number of hydrogen-bond donors (Lipinski definition) is 2. The summed E-state index contributed by atoms with van der Waals surface area (Å²) in [5.41, 5.74) is 1.36. The van der Waals surface area contributed by atoms with Gasteiger partial charge in [-0.3, -0.25) is 19.7 Å².